The van der Waals surface area contributed by atoms with E-state index < -0.39 is 0 Å². The smallest absolute Gasteiger partial charge is 0.203 e. The molecule has 5 heteroatoms. The SMILES string of the molecule is Cc1nc(N/N=C\c2cccc(OCc3cccc4ccccc34)c2)sc1C. The zero-order valence-corrected chi connectivity index (χ0v) is 16.7. The largest absolute Gasteiger partial charge is 0.489 e. The lowest BCUT2D eigenvalue weighted by Gasteiger charge is -2.09. The second-order valence-electron chi connectivity index (χ2n) is 6.53. The molecule has 0 radical (unpaired) electrons. The van der Waals surface area contributed by atoms with Gasteiger partial charge in [-0.15, -0.1) is 11.3 Å². The third kappa shape index (κ3) is 4.21. The van der Waals surface area contributed by atoms with E-state index in [2.05, 4.69) is 64.9 Å². The number of hydrogen-bond donors (Lipinski definition) is 1. The fraction of sp³-hybridized carbons (Fsp3) is 0.130. The molecule has 0 aliphatic carbocycles. The third-order valence-electron chi connectivity index (χ3n) is 4.53. The highest BCUT2D eigenvalue weighted by atomic mass is 32.1. The monoisotopic (exact) mass is 387 g/mol. The van der Waals surface area contributed by atoms with Crippen LogP contribution in [0.5, 0.6) is 5.75 Å². The number of hydrazone groups is 1. The summed E-state index contributed by atoms with van der Waals surface area (Å²) in [4.78, 5) is 5.61. The minimum atomic E-state index is 0.526. The molecule has 1 heterocycles. The van der Waals surface area contributed by atoms with Crippen LogP contribution in [0.25, 0.3) is 10.8 Å². The van der Waals surface area contributed by atoms with Gasteiger partial charge in [-0.05, 0) is 47.9 Å². The van der Waals surface area contributed by atoms with Gasteiger partial charge in [0.2, 0.25) is 5.13 Å². The van der Waals surface area contributed by atoms with E-state index in [1.54, 1.807) is 17.6 Å². The summed E-state index contributed by atoms with van der Waals surface area (Å²) in [6, 6.07) is 22.6. The van der Waals surface area contributed by atoms with Gasteiger partial charge in [0.1, 0.15) is 12.4 Å². The topological polar surface area (TPSA) is 46.5 Å². The molecule has 4 rings (SSSR count). The van der Waals surface area contributed by atoms with Crippen molar-refractivity contribution in [2.75, 3.05) is 5.43 Å². The average Bonchev–Trinajstić information content (AvgIpc) is 3.04. The fourth-order valence-corrected chi connectivity index (χ4v) is 3.71. The first-order valence-electron chi connectivity index (χ1n) is 9.12. The quantitative estimate of drug-likeness (QED) is 0.329. The zero-order chi connectivity index (χ0) is 19.3. The first kappa shape index (κ1) is 18.2. The molecule has 3 aromatic carbocycles. The molecule has 0 bridgehead atoms. The maximum absolute atomic E-state index is 6.03. The minimum Gasteiger partial charge on any atom is -0.489 e. The summed E-state index contributed by atoms with van der Waals surface area (Å²) in [6.45, 7) is 4.58. The van der Waals surface area contributed by atoms with Crippen molar-refractivity contribution < 1.29 is 4.74 Å². The van der Waals surface area contributed by atoms with Crippen LogP contribution in [0.1, 0.15) is 21.7 Å². The molecule has 0 fully saturated rings. The Kier molecular flexibility index (Phi) is 5.35. The van der Waals surface area contributed by atoms with Gasteiger partial charge in [0.15, 0.2) is 0 Å². The molecule has 0 aliphatic rings. The highest BCUT2D eigenvalue weighted by Gasteiger charge is 2.03. The Balaban J connectivity index is 1.42. The van der Waals surface area contributed by atoms with Gasteiger partial charge in [0.25, 0.3) is 0 Å². The van der Waals surface area contributed by atoms with Crippen molar-refractivity contribution in [1.82, 2.24) is 4.98 Å². The van der Waals surface area contributed by atoms with Crippen LogP contribution in [-0.2, 0) is 6.61 Å². The average molecular weight is 388 g/mol. The summed E-state index contributed by atoms with van der Waals surface area (Å²) in [5.41, 5.74) is 6.16. The molecule has 0 atom stereocenters. The Bertz CT molecular complexity index is 1110. The molecule has 0 saturated heterocycles. The van der Waals surface area contributed by atoms with E-state index in [4.69, 9.17) is 4.74 Å². The lowest BCUT2D eigenvalue weighted by Crippen LogP contribution is -1.97. The maximum atomic E-state index is 6.03. The summed E-state index contributed by atoms with van der Waals surface area (Å²) in [5, 5.41) is 7.53. The Morgan fingerprint density at radius 3 is 2.71 bits per heavy atom. The Labute approximate surface area is 168 Å². The van der Waals surface area contributed by atoms with Gasteiger partial charge in [-0.25, -0.2) is 4.98 Å². The van der Waals surface area contributed by atoms with E-state index in [1.807, 2.05) is 31.2 Å². The number of nitrogens with one attached hydrogen (secondary N) is 1. The Morgan fingerprint density at radius 1 is 1.04 bits per heavy atom. The number of thiazole rings is 1. The van der Waals surface area contributed by atoms with Crippen LogP contribution in [0.15, 0.2) is 71.8 Å². The predicted molar refractivity (Wildman–Crippen MR) is 118 cm³/mol. The van der Waals surface area contributed by atoms with Crippen molar-refractivity contribution in [3.8, 4) is 5.75 Å². The van der Waals surface area contributed by atoms with Crippen molar-refractivity contribution in [2.45, 2.75) is 20.5 Å². The highest BCUT2D eigenvalue weighted by molar-refractivity contribution is 7.15. The molecule has 1 N–H and O–H groups in total. The van der Waals surface area contributed by atoms with Gasteiger partial charge < -0.3 is 4.74 Å². The second kappa shape index (κ2) is 8.23. The van der Waals surface area contributed by atoms with Crippen molar-refractivity contribution >= 4 is 33.5 Å². The summed E-state index contributed by atoms with van der Waals surface area (Å²) >= 11 is 1.60. The summed E-state index contributed by atoms with van der Waals surface area (Å²) < 4.78 is 6.03. The molecule has 0 spiro atoms. The number of rotatable bonds is 6. The number of nitrogens with zero attached hydrogens (tertiary/aromatic N) is 2. The van der Waals surface area contributed by atoms with E-state index >= 15 is 0 Å². The van der Waals surface area contributed by atoms with E-state index in [1.165, 1.54) is 21.2 Å². The molecule has 140 valence electrons. The standard InChI is InChI=1S/C23H21N3OS/c1-16-17(2)28-23(25-16)26-24-14-18-7-5-11-21(13-18)27-15-20-10-6-9-19-8-3-4-12-22(19)20/h3-14H,15H2,1-2H3,(H,25,26)/b24-14-. The Hall–Kier alpha value is -3.18. The van der Waals surface area contributed by atoms with Crippen molar-refractivity contribution in [3.63, 3.8) is 0 Å². The van der Waals surface area contributed by atoms with Crippen LogP contribution in [0.3, 0.4) is 0 Å². The molecule has 1 aromatic heterocycles. The predicted octanol–water partition coefficient (Wildman–Crippen LogP) is 5.94. The van der Waals surface area contributed by atoms with Crippen LogP contribution >= 0.6 is 11.3 Å². The normalized spacial score (nSPS) is 11.2. The molecule has 0 unspecified atom stereocenters. The molecular formula is C23H21N3OS. The summed E-state index contributed by atoms with van der Waals surface area (Å²) in [6.07, 6.45) is 1.77. The molecule has 4 nitrogen and oxygen atoms in total. The Morgan fingerprint density at radius 2 is 1.86 bits per heavy atom. The summed E-state index contributed by atoms with van der Waals surface area (Å²) in [5.74, 6) is 0.817. The highest BCUT2D eigenvalue weighted by Crippen LogP contribution is 2.22. The first-order valence-corrected chi connectivity index (χ1v) is 9.93. The van der Waals surface area contributed by atoms with Gasteiger partial charge in [-0.1, -0.05) is 54.6 Å². The molecule has 0 amide bonds. The number of benzene rings is 3. The zero-order valence-electron chi connectivity index (χ0n) is 15.8. The van der Waals surface area contributed by atoms with Crippen molar-refractivity contribution in [1.29, 1.82) is 0 Å². The fourth-order valence-electron chi connectivity index (χ4n) is 2.95. The number of ether oxygens (including phenoxy) is 1. The van der Waals surface area contributed by atoms with E-state index in [0.717, 1.165) is 22.1 Å². The number of aryl methyl sites for hydroxylation is 2. The van der Waals surface area contributed by atoms with E-state index in [0.29, 0.717) is 6.61 Å². The number of anilines is 1. The lowest BCUT2D eigenvalue weighted by atomic mass is 10.1. The third-order valence-corrected chi connectivity index (χ3v) is 5.51. The van der Waals surface area contributed by atoms with Gasteiger partial charge >= 0.3 is 0 Å². The van der Waals surface area contributed by atoms with Crippen LogP contribution < -0.4 is 10.2 Å². The summed E-state index contributed by atoms with van der Waals surface area (Å²) in [7, 11) is 0. The van der Waals surface area contributed by atoms with Gasteiger partial charge in [0.05, 0.1) is 11.9 Å². The minimum absolute atomic E-state index is 0.526. The van der Waals surface area contributed by atoms with E-state index in [9.17, 15) is 0 Å². The second-order valence-corrected chi connectivity index (χ2v) is 7.73. The van der Waals surface area contributed by atoms with Crippen molar-refractivity contribution in [3.05, 3.63) is 88.4 Å². The van der Waals surface area contributed by atoms with Crippen LogP contribution in [0.2, 0.25) is 0 Å². The number of fused-ring (bicyclic) bond motifs is 1. The molecule has 0 aliphatic heterocycles. The molecule has 4 aromatic rings. The van der Waals surface area contributed by atoms with Crippen LogP contribution in [0, 0.1) is 13.8 Å². The molecular weight excluding hydrogens is 366 g/mol. The van der Waals surface area contributed by atoms with Crippen LogP contribution in [0.4, 0.5) is 5.13 Å². The maximum Gasteiger partial charge on any atom is 0.203 e. The van der Waals surface area contributed by atoms with Crippen LogP contribution in [-0.4, -0.2) is 11.2 Å². The van der Waals surface area contributed by atoms with Gasteiger partial charge in [-0.2, -0.15) is 5.10 Å². The first-order chi connectivity index (χ1) is 13.7. The lowest BCUT2D eigenvalue weighted by molar-refractivity contribution is 0.307. The van der Waals surface area contributed by atoms with E-state index in [-0.39, 0.29) is 0 Å². The van der Waals surface area contributed by atoms with Gasteiger partial charge in [-0.3, -0.25) is 5.43 Å². The molecule has 28 heavy (non-hydrogen) atoms. The number of hydrogen-bond acceptors (Lipinski definition) is 5. The van der Waals surface area contributed by atoms with Gasteiger partial charge in [0, 0.05) is 4.88 Å². The number of aromatic nitrogens is 1. The molecule has 0 saturated carbocycles. The van der Waals surface area contributed by atoms with Crippen molar-refractivity contribution in [2.24, 2.45) is 5.10 Å².